The maximum atomic E-state index is 13.8. The Bertz CT molecular complexity index is 733. The minimum absolute atomic E-state index is 0.0298. The number of rotatable bonds is 3. The zero-order valence-electron chi connectivity index (χ0n) is 13.4. The highest BCUT2D eigenvalue weighted by Crippen LogP contribution is 2.30. The quantitative estimate of drug-likeness (QED) is 0.930. The van der Waals surface area contributed by atoms with Gasteiger partial charge in [0, 0.05) is 30.4 Å². The Morgan fingerprint density at radius 1 is 1.29 bits per heavy atom. The summed E-state index contributed by atoms with van der Waals surface area (Å²) in [6.45, 7) is 1.84. The SMILES string of the molecule is O=C(c1csc(Cc2ccccc2F)n1)N1C2CCNCC1CC2. The monoisotopic (exact) mass is 345 g/mol. The third kappa shape index (κ3) is 2.96. The molecule has 1 N–H and O–H groups in total. The zero-order valence-corrected chi connectivity index (χ0v) is 14.2. The summed E-state index contributed by atoms with van der Waals surface area (Å²) in [6.07, 6.45) is 3.59. The van der Waals surface area contributed by atoms with Crippen LogP contribution in [0.3, 0.4) is 0 Å². The summed E-state index contributed by atoms with van der Waals surface area (Å²) in [5.74, 6) is -0.195. The lowest BCUT2D eigenvalue weighted by Crippen LogP contribution is -2.42. The first-order valence-electron chi connectivity index (χ1n) is 8.43. The number of hydrogen-bond acceptors (Lipinski definition) is 4. The van der Waals surface area contributed by atoms with Gasteiger partial charge in [-0.25, -0.2) is 9.37 Å². The van der Waals surface area contributed by atoms with E-state index in [9.17, 15) is 9.18 Å². The normalized spacial score (nSPS) is 23.3. The summed E-state index contributed by atoms with van der Waals surface area (Å²) in [5, 5.41) is 6.00. The summed E-state index contributed by atoms with van der Waals surface area (Å²) in [4.78, 5) is 19.4. The fraction of sp³-hybridized carbons (Fsp3) is 0.444. The highest BCUT2D eigenvalue weighted by atomic mass is 32.1. The molecule has 0 aliphatic carbocycles. The van der Waals surface area contributed by atoms with Crippen LogP contribution in [-0.2, 0) is 6.42 Å². The van der Waals surface area contributed by atoms with E-state index in [4.69, 9.17) is 0 Å². The van der Waals surface area contributed by atoms with Crippen molar-refractivity contribution >= 4 is 17.2 Å². The highest BCUT2D eigenvalue weighted by Gasteiger charge is 2.39. The molecule has 6 heteroatoms. The van der Waals surface area contributed by atoms with E-state index < -0.39 is 0 Å². The molecule has 2 aliphatic rings. The van der Waals surface area contributed by atoms with Crippen molar-refractivity contribution in [1.82, 2.24) is 15.2 Å². The van der Waals surface area contributed by atoms with Gasteiger partial charge in [0.25, 0.3) is 5.91 Å². The third-order valence-electron chi connectivity index (χ3n) is 4.96. The van der Waals surface area contributed by atoms with Crippen LogP contribution in [0.2, 0.25) is 0 Å². The molecule has 2 saturated heterocycles. The van der Waals surface area contributed by atoms with Gasteiger partial charge in [0.05, 0.1) is 5.01 Å². The van der Waals surface area contributed by atoms with E-state index >= 15 is 0 Å². The first-order chi connectivity index (χ1) is 11.7. The van der Waals surface area contributed by atoms with E-state index in [1.807, 2.05) is 16.3 Å². The second kappa shape index (κ2) is 6.61. The molecule has 2 unspecified atom stereocenters. The summed E-state index contributed by atoms with van der Waals surface area (Å²) < 4.78 is 13.8. The van der Waals surface area contributed by atoms with Crippen molar-refractivity contribution in [2.75, 3.05) is 13.1 Å². The van der Waals surface area contributed by atoms with E-state index in [0.717, 1.165) is 37.4 Å². The number of benzene rings is 1. The number of carbonyl (C=O) groups is 1. The van der Waals surface area contributed by atoms with Crippen molar-refractivity contribution in [3.05, 3.63) is 51.7 Å². The summed E-state index contributed by atoms with van der Waals surface area (Å²) in [5.41, 5.74) is 1.12. The Kier molecular flexibility index (Phi) is 4.33. The van der Waals surface area contributed by atoms with Crippen molar-refractivity contribution in [3.8, 4) is 0 Å². The van der Waals surface area contributed by atoms with Gasteiger partial charge in [-0.2, -0.15) is 0 Å². The third-order valence-corrected chi connectivity index (χ3v) is 5.81. The molecule has 2 bridgehead atoms. The topological polar surface area (TPSA) is 45.2 Å². The van der Waals surface area contributed by atoms with Gasteiger partial charge in [-0.1, -0.05) is 18.2 Å². The molecule has 2 aliphatic heterocycles. The molecule has 1 aromatic carbocycles. The molecule has 0 radical (unpaired) electrons. The predicted molar refractivity (Wildman–Crippen MR) is 91.8 cm³/mol. The van der Waals surface area contributed by atoms with E-state index in [-0.39, 0.29) is 17.8 Å². The minimum atomic E-state index is -0.225. The van der Waals surface area contributed by atoms with Gasteiger partial charge in [0.2, 0.25) is 0 Å². The summed E-state index contributed by atoms with van der Waals surface area (Å²) >= 11 is 1.43. The van der Waals surface area contributed by atoms with Crippen LogP contribution in [0.25, 0.3) is 0 Å². The first kappa shape index (κ1) is 15.7. The van der Waals surface area contributed by atoms with Crippen molar-refractivity contribution in [2.24, 2.45) is 0 Å². The average molecular weight is 345 g/mol. The van der Waals surface area contributed by atoms with Gasteiger partial charge in [-0.3, -0.25) is 4.79 Å². The van der Waals surface area contributed by atoms with Crippen molar-refractivity contribution < 1.29 is 9.18 Å². The Morgan fingerprint density at radius 3 is 3.00 bits per heavy atom. The van der Waals surface area contributed by atoms with Gasteiger partial charge in [0.15, 0.2) is 0 Å². The fourth-order valence-corrected chi connectivity index (χ4v) is 4.53. The minimum Gasteiger partial charge on any atom is -0.330 e. The van der Waals surface area contributed by atoms with Crippen molar-refractivity contribution in [1.29, 1.82) is 0 Å². The Balaban J connectivity index is 1.52. The average Bonchev–Trinajstić information content (AvgIpc) is 3.12. The van der Waals surface area contributed by atoms with Crippen LogP contribution in [0.1, 0.15) is 40.3 Å². The number of carbonyl (C=O) groups excluding carboxylic acids is 1. The number of nitrogens with one attached hydrogen (secondary N) is 1. The Hall–Kier alpha value is -1.79. The van der Waals surface area contributed by atoms with Gasteiger partial charge >= 0.3 is 0 Å². The van der Waals surface area contributed by atoms with Crippen LogP contribution >= 0.6 is 11.3 Å². The number of hydrogen-bond donors (Lipinski definition) is 1. The standard InChI is InChI=1S/C18H20FN3OS/c19-15-4-2-1-3-12(15)9-17-21-16(11-24-17)18(23)22-13-5-6-14(22)10-20-8-7-13/h1-4,11,13-14,20H,5-10H2. The van der Waals surface area contributed by atoms with E-state index in [2.05, 4.69) is 10.3 Å². The van der Waals surface area contributed by atoms with Gasteiger partial charge < -0.3 is 10.2 Å². The number of amides is 1. The summed E-state index contributed by atoms with van der Waals surface area (Å²) in [7, 11) is 0. The fourth-order valence-electron chi connectivity index (χ4n) is 3.74. The molecule has 2 fully saturated rings. The number of halogens is 1. The maximum Gasteiger partial charge on any atom is 0.273 e. The van der Waals surface area contributed by atoms with Gasteiger partial charge in [-0.15, -0.1) is 11.3 Å². The molecule has 126 valence electrons. The van der Waals surface area contributed by atoms with E-state index in [1.165, 1.54) is 17.4 Å². The molecule has 2 atom stereocenters. The van der Waals surface area contributed by atoms with Gasteiger partial charge in [0.1, 0.15) is 11.5 Å². The van der Waals surface area contributed by atoms with Crippen LogP contribution in [0, 0.1) is 5.82 Å². The molecule has 0 spiro atoms. The molecule has 1 amide bonds. The number of thiazole rings is 1. The first-order valence-corrected chi connectivity index (χ1v) is 9.31. The van der Waals surface area contributed by atoms with Crippen LogP contribution in [-0.4, -0.2) is 41.0 Å². The second-order valence-corrected chi connectivity index (χ2v) is 7.43. The van der Waals surface area contributed by atoms with Crippen LogP contribution < -0.4 is 5.32 Å². The summed E-state index contributed by atoms with van der Waals surface area (Å²) in [6, 6.07) is 7.32. The van der Waals surface area contributed by atoms with E-state index in [1.54, 1.807) is 12.1 Å². The smallest absolute Gasteiger partial charge is 0.273 e. The molecule has 3 heterocycles. The Labute approximate surface area is 144 Å². The van der Waals surface area contributed by atoms with Crippen LogP contribution in [0.15, 0.2) is 29.6 Å². The van der Waals surface area contributed by atoms with E-state index in [0.29, 0.717) is 23.7 Å². The lowest BCUT2D eigenvalue weighted by molar-refractivity contribution is 0.0675. The predicted octanol–water partition coefficient (Wildman–Crippen LogP) is 2.84. The zero-order chi connectivity index (χ0) is 16.5. The molecule has 4 nitrogen and oxygen atoms in total. The van der Waals surface area contributed by atoms with Crippen LogP contribution in [0.5, 0.6) is 0 Å². The molecule has 24 heavy (non-hydrogen) atoms. The van der Waals surface area contributed by atoms with Crippen molar-refractivity contribution in [2.45, 2.75) is 37.8 Å². The maximum absolute atomic E-state index is 13.8. The second-order valence-electron chi connectivity index (χ2n) is 6.48. The molecule has 1 aromatic heterocycles. The lowest BCUT2D eigenvalue weighted by atomic mass is 10.1. The number of aromatic nitrogens is 1. The molecular weight excluding hydrogens is 325 g/mol. The lowest BCUT2D eigenvalue weighted by Gasteiger charge is -2.27. The molecule has 4 rings (SSSR count). The molecule has 2 aromatic rings. The van der Waals surface area contributed by atoms with Gasteiger partial charge in [-0.05, 0) is 37.4 Å². The van der Waals surface area contributed by atoms with Crippen molar-refractivity contribution in [3.63, 3.8) is 0 Å². The van der Waals surface area contributed by atoms with Crippen LogP contribution in [0.4, 0.5) is 4.39 Å². The molecular formula is C18H20FN3OS. The number of fused-ring (bicyclic) bond motifs is 2. The Morgan fingerprint density at radius 2 is 2.12 bits per heavy atom. The largest absolute Gasteiger partial charge is 0.330 e. The molecule has 0 saturated carbocycles. The number of nitrogens with zero attached hydrogens (tertiary/aromatic N) is 2. The highest BCUT2D eigenvalue weighted by molar-refractivity contribution is 7.09.